The van der Waals surface area contributed by atoms with Crippen molar-refractivity contribution in [3.63, 3.8) is 0 Å². The molecule has 0 aliphatic carbocycles. The standard InChI is InChI=1S/C13H24N4/c1-7-14-8-9(2)12-10(3)15-13(17(5)6)16-11(12)4/h9,14H,7-8H2,1-6H3. The molecule has 0 aliphatic heterocycles. The quantitative estimate of drug-likeness (QED) is 0.847. The van der Waals surface area contributed by atoms with Crippen LogP contribution in [-0.2, 0) is 0 Å². The lowest BCUT2D eigenvalue weighted by Crippen LogP contribution is -2.22. The van der Waals surface area contributed by atoms with Crippen molar-refractivity contribution in [2.24, 2.45) is 0 Å². The first-order valence-corrected chi connectivity index (χ1v) is 6.20. The average Bonchev–Trinajstić information content (AvgIpc) is 2.25. The summed E-state index contributed by atoms with van der Waals surface area (Å²) in [6.07, 6.45) is 0. The molecule has 96 valence electrons. The number of aromatic nitrogens is 2. The van der Waals surface area contributed by atoms with E-state index in [0.717, 1.165) is 30.4 Å². The van der Waals surface area contributed by atoms with Crippen LogP contribution in [0.1, 0.15) is 36.7 Å². The summed E-state index contributed by atoms with van der Waals surface area (Å²) < 4.78 is 0. The Hall–Kier alpha value is -1.16. The summed E-state index contributed by atoms with van der Waals surface area (Å²) in [5.41, 5.74) is 3.45. The maximum absolute atomic E-state index is 4.55. The van der Waals surface area contributed by atoms with E-state index in [1.54, 1.807) is 0 Å². The minimum Gasteiger partial charge on any atom is -0.347 e. The lowest BCUT2D eigenvalue weighted by atomic mass is 9.98. The molecule has 0 radical (unpaired) electrons. The zero-order chi connectivity index (χ0) is 13.0. The van der Waals surface area contributed by atoms with Gasteiger partial charge >= 0.3 is 0 Å². The van der Waals surface area contributed by atoms with Crippen LogP contribution in [0.5, 0.6) is 0 Å². The Labute approximate surface area is 104 Å². The fraction of sp³-hybridized carbons (Fsp3) is 0.692. The van der Waals surface area contributed by atoms with Crippen LogP contribution in [0.15, 0.2) is 0 Å². The monoisotopic (exact) mass is 236 g/mol. The molecule has 1 rings (SSSR count). The molecule has 4 heteroatoms. The average molecular weight is 236 g/mol. The third kappa shape index (κ3) is 3.40. The summed E-state index contributed by atoms with van der Waals surface area (Å²) in [6, 6.07) is 0. The molecule has 0 bridgehead atoms. The van der Waals surface area contributed by atoms with Crippen LogP contribution in [0.25, 0.3) is 0 Å². The summed E-state index contributed by atoms with van der Waals surface area (Å²) >= 11 is 0. The number of likely N-dealkylation sites (N-methyl/N-ethyl adjacent to an activating group) is 1. The van der Waals surface area contributed by atoms with E-state index >= 15 is 0 Å². The molecule has 0 fully saturated rings. The Morgan fingerprint density at radius 2 is 1.71 bits per heavy atom. The number of anilines is 1. The van der Waals surface area contributed by atoms with Crippen molar-refractivity contribution in [1.82, 2.24) is 15.3 Å². The largest absolute Gasteiger partial charge is 0.347 e. The highest BCUT2D eigenvalue weighted by Crippen LogP contribution is 2.22. The van der Waals surface area contributed by atoms with Gasteiger partial charge in [0.1, 0.15) is 0 Å². The van der Waals surface area contributed by atoms with Gasteiger partial charge in [-0.15, -0.1) is 0 Å². The molecule has 1 aromatic rings. The minimum atomic E-state index is 0.450. The Morgan fingerprint density at radius 1 is 1.18 bits per heavy atom. The molecule has 0 saturated heterocycles. The van der Waals surface area contributed by atoms with Gasteiger partial charge in [-0.3, -0.25) is 0 Å². The predicted octanol–water partition coefficient (Wildman–Crippen LogP) is 1.87. The van der Waals surface area contributed by atoms with Crippen molar-refractivity contribution in [2.75, 3.05) is 32.1 Å². The first-order chi connectivity index (χ1) is 7.97. The number of aryl methyl sites for hydroxylation is 2. The van der Waals surface area contributed by atoms with Gasteiger partial charge in [0, 0.05) is 32.0 Å². The van der Waals surface area contributed by atoms with Crippen LogP contribution < -0.4 is 10.2 Å². The first-order valence-electron chi connectivity index (χ1n) is 6.20. The van der Waals surface area contributed by atoms with Crippen molar-refractivity contribution < 1.29 is 0 Å². The molecule has 0 aliphatic rings. The Bertz CT molecular complexity index is 351. The SMILES string of the molecule is CCNCC(C)c1c(C)nc(N(C)C)nc1C. The van der Waals surface area contributed by atoms with E-state index in [4.69, 9.17) is 0 Å². The van der Waals surface area contributed by atoms with Gasteiger partial charge in [-0.1, -0.05) is 13.8 Å². The van der Waals surface area contributed by atoms with Gasteiger partial charge in [0.15, 0.2) is 0 Å². The van der Waals surface area contributed by atoms with Gasteiger partial charge in [-0.2, -0.15) is 0 Å². The second kappa shape index (κ2) is 5.96. The van der Waals surface area contributed by atoms with Crippen LogP contribution in [-0.4, -0.2) is 37.2 Å². The number of hydrogen-bond acceptors (Lipinski definition) is 4. The topological polar surface area (TPSA) is 41.1 Å². The molecule has 0 aromatic carbocycles. The van der Waals surface area contributed by atoms with Crippen molar-refractivity contribution in [2.45, 2.75) is 33.6 Å². The van der Waals surface area contributed by atoms with Crippen molar-refractivity contribution in [3.8, 4) is 0 Å². The molecule has 4 nitrogen and oxygen atoms in total. The van der Waals surface area contributed by atoms with Crippen molar-refractivity contribution in [3.05, 3.63) is 17.0 Å². The molecule has 0 spiro atoms. The van der Waals surface area contributed by atoms with Gasteiger partial charge in [-0.05, 0) is 31.9 Å². The molecular formula is C13H24N4. The number of nitrogens with zero attached hydrogens (tertiary/aromatic N) is 3. The minimum absolute atomic E-state index is 0.450. The maximum Gasteiger partial charge on any atom is 0.225 e. The van der Waals surface area contributed by atoms with Gasteiger partial charge in [0.25, 0.3) is 0 Å². The predicted molar refractivity (Wildman–Crippen MR) is 72.8 cm³/mol. The Morgan fingerprint density at radius 3 is 2.12 bits per heavy atom. The van der Waals surface area contributed by atoms with Crippen molar-refractivity contribution >= 4 is 5.95 Å². The van der Waals surface area contributed by atoms with Crippen LogP contribution in [0.3, 0.4) is 0 Å². The van der Waals surface area contributed by atoms with E-state index in [1.165, 1.54) is 5.56 Å². The zero-order valence-electron chi connectivity index (χ0n) is 11.8. The van der Waals surface area contributed by atoms with Crippen molar-refractivity contribution in [1.29, 1.82) is 0 Å². The molecule has 1 aromatic heterocycles. The van der Waals surface area contributed by atoms with E-state index < -0.39 is 0 Å². The van der Waals surface area contributed by atoms with Gasteiger partial charge in [0.2, 0.25) is 5.95 Å². The summed E-state index contributed by atoms with van der Waals surface area (Å²) in [6.45, 7) is 10.5. The molecular weight excluding hydrogens is 212 g/mol. The van der Waals surface area contributed by atoms with Crippen LogP contribution in [0.2, 0.25) is 0 Å². The summed E-state index contributed by atoms with van der Waals surface area (Å²) in [7, 11) is 3.94. The fourth-order valence-corrected chi connectivity index (χ4v) is 2.08. The molecule has 1 N–H and O–H groups in total. The highest BCUT2D eigenvalue weighted by Gasteiger charge is 2.15. The van der Waals surface area contributed by atoms with E-state index in [2.05, 4.69) is 43.0 Å². The lowest BCUT2D eigenvalue weighted by Gasteiger charge is -2.19. The molecule has 17 heavy (non-hydrogen) atoms. The number of rotatable bonds is 5. The Balaban J connectivity index is 3.00. The summed E-state index contributed by atoms with van der Waals surface area (Å²) in [5.74, 6) is 1.24. The first kappa shape index (κ1) is 13.9. The van der Waals surface area contributed by atoms with Gasteiger partial charge in [0.05, 0.1) is 0 Å². The molecule has 1 unspecified atom stereocenters. The zero-order valence-corrected chi connectivity index (χ0v) is 11.8. The van der Waals surface area contributed by atoms with Crippen LogP contribution in [0, 0.1) is 13.8 Å². The highest BCUT2D eigenvalue weighted by molar-refractivity contribution is 5.36. The maximum atomic E-state index is 4.55. The molecule has 1 heterocycles. The molecule has 1 atom stereocenters. The van der Waals surface area contributed by atoms with E-state index in [9.17, 15) is 0 Å². The second-order valence-corrected chi connectivity index (χ2v) is 4.71. The highest BCUT2D eigenvalue weighted by atomic mass is 15.2. The number of hydrogen-bond donors (Lipinski definition) is 1. The van der Waals surface area contributed by atoms with Gasteiger partial charge in [-0.25, -0.2) is 9.97 Å². The Kier molecular flexibility index (Phi) is 4.87. The molecule has 0 saturated carbocycles. The second-order valence-electron chi connectivity index (χ2n) is 4.71. The smallest absolute Gasteiger partial charge is 0.225 e. The van der Waals surface area contributed by atoms with E-state index in [-0.39, 0.29) is 0 Å². The van der Waals surface area contributed by atoms with E-state index in [0.29, 0.717) is 5.92 Å². The third-order valence-corrected chi connectivity index (χ3v) is 2.91. The van der Waals surface area contributed by atoms with Crippen LogP contribution in [0.4, 0.5) is 5.95 Å². The van der Waals surface area contributed by atoms with E-state index in [1.807, 2.05) is 19.0 Å². The molecule has 0 amide bonds. The normalized spacial score (nSPS) is 12.6. The number of nitrogens with one attached hydrogen (secondary N) is 1. The lowest BCUT2D eigenvalue weighted by molar-refractivity contribution is 0.624. The van der Waals surface area contributed by atoms with Gasteiger partial charge < -0.3 is 10.2 Å². The third-order valence-electron chi connectivity index (χ3n) is 2.91. The summed E-state index contributed by atoms with van der Waals surface area (Å²) in [5, 5.41) is 3.37. The summed E-state index contributed by atoms with van der Waals surface area (Å²) in [4.78, 5) is 11.0. The van der Waals surface area contributed by atoms with Crippen LogP contribution >= 0.6 is 0 Å². The fourth-order valence-electron chi connectivity index (χ4n) is 2.08.